The van der Waals surface area contributed by atoms with Crippen molar-refractivity contribution >= 4 is 11.3 Å². The van der Waals surface area contributed by atoms with E-state index in [-0.39, 0.29) is 12.4 Å². The molecule has 0 unspecified atom stereocenters. The molecule has 16 heavy (non-hydrogen) atoms. The van der Waals surface area contributed by atoms with E-state index in [2.05, 4.69) is 4.98 Å². The molecule has 0 spiro atoms. The molecule has 1 aromatic carbocycles. The monoisotopic (exact) mass is 235 g/mol. The first-order valence-electron chi connectivity index (χ1n) is 5.14. The number of hydrogen-bond donors (Lipinski definition) is 2. The molecule has 0 amide bonds. The highest BCUT2D eigenvalue weighted by Crippen LogP contribution is 2.33. The summed E-state index contributed by atoms with van der Waals surface area (Å²) in [5.41, 5.74) is 1.52. The van der Waals surface area contributed by atoms with Crippen molar-refractivity contribution < 1.29 is 10.2 Å². The highest BCUT2D eigenvalue weighted by molar-refractivity contribution is 7.12. The second kappa shape index (κ2) is 4.63. The average Bonchev–Trinajstić information content (AvgIpc) is 2.72. The molecule has 0 aliphatic rings. The maximum absolute atomic E-state index is 9.77. The lowest BCUT2D eigenvalue weighted by molar-refractivity contribution is 0.281. The van der Waals surface area contributed by atoms with E-state index < -0.39 is 0 Å². The zero-order chi connectivity index (χ0) is 11.5. The summed E-state index contributed by atoms with van der Waals surface area (Å²) in [5.74, 6) is 0.229. The van der Waals surface area contributed by atoms with Gasteiger partial charge in [-0.05, 0) is 18.6 Å². The van der Waals surface area contributed by atoms with E-state index in [1.807, 2.05) is 19.1 Å². The second-order valence-electron chi connectivity index (χ2n) is 3.41. The topological polar surface area (TPSA) is 53.4 Å². The van der Waals surface area contributed by atoms with Crippen LogP contribution in [0.3, 0.4) is 0 Å². The van der Waals surface area contributed by atoms with E-state index in [1.165, 1.54) is 11.3 Å². The Hall–Kier alpha value is -1.39. The first-order valence-corrected chi connectivity index (χ1v) is 5.95. The maximum atomic E-state index is 9.77. The Kier molecular flexibility index (Phi) is 3.22. The molecule has 4 heteroatoms. The molecule has 0 aliphatic heterocycles. The molecule has 0 aliphatic carbocycles. The Bertz CT molecular complexity index is 494. The number of aryl methyl sites for hydroxylation is 1. The molecular formula is C12H13NO2S. The summed E-state index contributed by atoms with van der Waals surface area (Å²) in [6, 6.07) is 7.13. The number of benzene rings is 1. The third-order valence-electron chi connectivity index (χ3n) is 2.36. The summed E-state index contributed by atoms with van der Waals surface area (Å²) in [6.07, 6.45) is 0.849. The minimum atomic E-state index is -0.0503. The third-order valence-corrected chi connectivity index (χ3v) is 3.54. The molecule has 0 saturated carbocycles. The largest absolute Gasteiger partial charge is 0.507 e. The third kappa shape index (κ3) is 1.94. The van der Waals surface area contributed by atoms with Gasteiger partial charge in [-0.3, -0.25) is 0 Å². The molecular weight excluding hydrogens is 222 g/mol. The van der Waals surface area contributed by atoms with Gasteiger partial charge in [-0.15, -0.1) is 11.3 Å². The van der Waals surface area contributed by atoms with Gasteiger partial charge in [0.05, 0.1) is 12.3 Å². The molecule has 0 saturated heterocycles. The van der Waals surface area contributed by atoms with Gasteiger partial charge in [0, 0.05) is 10.4 Å². The Labute approximate surface area is 98.0 Å². The molecule has 2 N–H and O–H groups in total. The fourth-order valence-corrected chi connectivity index (χ4v) is 2.47. The number of rotatable bonds is 3. The number of thiazole rings is 1. The van der Waals surface area contributed by atoms with Gasteiger partial charge >= 0.3 is 0 Å². The fourth-order valence-electron chi connectivity index (χ4n) is 1.59. The van der Waals surface area contributed by atoms with E-state index in [0.29, 0.717) is 5.01 Å². The Morgan fingerprint density at radius 1 is 1.31 bits per heavy atom. The van der Waals surface area contributed by atoms with Crippen LogP contribution in [-0.2, 0) is 13.0 Å². The van der Waals surface area contributed by atoms with Gasteiger partial charge < -0.3 is 10.2 Å². The van der Waals surface area contributed by atoms with Crippen molar-refractivity contribution in [2.45, 2.75) is 20.0 Å². The maximum Gasteiger partial charge on any atom is 0.125 e. The van der Waals surface area contributed by atoms with Crippen LogP contribution in [0.15, 0.2) is 24.3 Å². The number of phenols is 1. The predicted octanol–water partition coefficient (Wildman–Crippen LogP) is 2.57. The van der Waals surface area contributed by atoms with Gasteiger partial charge in [0.15, 0.2) is 0 Å². The van der Waals surface area contributed by atoms with Crippen molar-refractivity contribution in [3.63, 3.8) is 0 Å². The Morgan fingerprint density at radius 2 is 2.06 bits per heavy atom. The molecule has 0 fully saturated rings. The number of phenolic OH excluding ortho intramolecular Hbond substituents is 1. The van der Waals surface area contributed by atoms with Gasteiger partial charge in [-0.25, -0.2) is 4.98 Å². The van der Waals surface area contributed by atoms with Gasteiger partial charge in [-0.2, -0.15) is 0 Å². The molecule has 0 radical (unpaired) electrons. The van der Waals surface area contributed by atoms with Crippen LogP contribution in [0.2, 0.25) is 0 Å². The van der Waals surface area contributed by atoms with E-state index in [1.54, 1.807) is 12.1 Å². The number of para-hydroxylation sites is 1. The average molecular weight is 235 g/mol. The van der Waals surface area contributed by atoms with Crippen LogP contribution in [-0.4, -0.2) is 15.2 Å². The van der Waals surface area contributed by atoms with Crippen LogP contribution in [0.25, 0.3) is 11.3 Å². The van der Waals surface area contributed by atoms with Crippen LogP contribution < -0.4 is 0 Å². The van der Waals surface area contributed by atoms with Gasteiger partial charge in [0.25, 0.3) is 0 Å². The summed E-state index contributed by atoms with van der Waals surface area (Å²) in [4.78, 5) is 5.43. The Balaban J connectivity index is 2.54. The van der Waals surface area contributed by atoms with Crippen LogP contribution in [0.5, 0.6) is 5.75 Å². The first kappa shape index (κ1) is 11.1. The van der Waals surface area contributed by atoms with Crippen LogP contribution in [0.4, 0.5) is 0 Å². The lowest BCUT2D eigenvalue weighted by atomic mass is 10.1. The zero-order valence-corrected chi connectivity index (χ0v) is 9.79. The number of aliphatic hydroxyl groups is 1. The Morgan fingerprint density at radius 3 is 2.69 bits per heavy atom. The summed E-state index contributed by atoms with van der Waals surface area (Å²) in [5, 5.41) is 19.5. The highest BCUT2D eigenvalue weighted by atomic mass is 32.1. The number of hydrogen-bond acceptors (Lipinski definition) is 4. The normalized spacial score (nSPS) is 10.6. The smallest absolute Gasteiger partial charge is 0.125 e. The molecule has 2 aromatic rings. The lowest BCUT2D eigenvalue weighted by Crippen LogP contribution is -1.85. The molecule has 1 aromatic heterocycles. The molecule has 0 bridgehead atoms. The number of aliphatic hydroxyl groups excluding tert-OH is 1. The molecule has 0 atom stereocenters. The number of nitrogens with zero attached hydrogens (tertiary/aromatic N) is 1. The molecule has 1 heterocycles. The number of aromatic hydroxyl groups is 1. The SMILES string of the molecule is CCc1sc(CO)nc1-c1ccccc1O. The van der Waals surface area contributed by atoms with Crippen LogP contribution >= 0.6 is 11.3 Å². The van der Waals surface area contributed by atoms with E-state index in [0.717, 1.165) is 22.6 Å². The van der Waals surface area contributed by atoms with E-state index in [9.17, 15) is 5.11 Å². The first-order chi connectivity index (χ1) is 7.76. The quantitative estimate of drug-likeness (QED) is 0.859. The minimum absolute atomic E-state index is 0.0503. The van der Waals surface area contributed by atoms with E-state index >= 15 is 0 Å². The van der Waals surface area contributed by atoms with E-state index in [4.69, 9.17) is 5.11 Å². The van der Waals surface area contributed by atoms with Gasteiger partial charge in [0.2, 0.25) is 0 Å². The molecule has 3 nitrogen and oxygen atoms in total. The van der Waals surface area contributed by atoms with Crippen LogP contribution in [0, 0.1) is 0 Å². The molecule has 84 valence electrons. The second-order valence-corrected chi connectivity index (χ2v) is 4.58. The number of aromatic nitrogens is 1. The van der Waals surface area contributed by atoms with Crippen molar-refractivity contribution in [3.8, 4) is 17.0 Å². The summed E-state index contributed by atoms with van der Waals surface area (Å²) < 4.78 is 0. The lowest BCUT2D eigenvalue weighted by Gasteiger charge is -2.02. The summed E-state index contributed by atoms with van der Waals surface area (Å²) in [7, 11) is 0. The highest BCUT2D eigenvalue weighted by Gasteiger charge is 2.13. The van der Waals surface area contributed by atoms with Crippen molar-refractivity contribution in [2.24, 2.45) is 0 Å². The van der Waals surface area contributed by atoms with Crippen molar-refractivity contribution in [2.75, 3.05) is 0 Å². The van der Waals surface area contributed by atoms with Crippen LogP contribution in [0.1, 0.15) is 16.8 Å². The minimum Gasteiger partial charge on any atom is -0.507 e. The van der Waals surface area contributed by atoms with Gasteiger partial charge in [0.1, 0.15) is 10.8 Å². The fraction of sp³-hybridized carbons (Fsp3) is 0.250. The van der Waals surface area contributed by atoms with Crippen molar-refractivity contribution in [1.29, 1.82) is 0 Å². The molecule has 2 rings (SSSR count). The van der Waals surface area contributed by atoms with Crippen molar-refractivity contribution in [3.05, 3.63) is 34.2 Å². The standard InChI is InChI=1S/C12H13NO2S/c1-2-10-12(13-11(7-14)16-10)8-5-3-4-6-9(8)15/h3-6,14-15H,2,7H2,1H3. The summed E-state index contributed by atoms with van der Waals surface area (Å²) >= 11 is 1.49. The predicted molar refractivity (Wildman–Crippen MR) is 64.5 cm³/mol. The summed E-state index contributed by atoms with van der Waals surface area (Å²) in [6.45, 7) is 1.99. The zero-order valence-electron chi connectivity index (χ0n) is 8.97. The van der Waals surface area contributed by atoms with Crippen molar-refractivity contribution in [1.82, 2.24) is 4.98 Å². The van der Waals surface area contributed by atoms with Gasteiger partial charge in [-0.1, -0.05) is 19.1 Å².